The molecule has 1 aliphatic rings. The van der Waals surface area contributed by atoms with Crippen LogP contribution in [-0.2, 0) is 13.1 Å². The van der Waals surface area contributed by atoms with E-state index in [4.69, 9.17) is 4.52 Å². The molecule has 1 aliphatic heterocycles. The third-order valence-corrected chi connectivity index (χ3v) is 3.61. The second kappa shape index (κ2) is 6.34. The van der Waals surface area contributed by atoms with Crippen molar-refractivity contribution >= 4 is 0 Å². The summed E-state index contributed by atoms with van der Waals surface area (Å²) in [5, 5.41) is 7.45. The van der Waals surface area contributed by atoms with Crippen LogP contribution in [0.1, 0.15) is 45.1 Å². The molecule has 2 unspecified atom stereocenters. The lowest BCUT2D eigenvalue weighted by atomic mass is 10.1. The van der Waals surface area contributed by atoms with Crippen LogP contribution in [0.25, 0.3) is 0 Å². The molecule has 2 rings (SSSR count). The van der Waals surface area contributed by atoms with E-state index < -0.39 is 0 Å². The van der Waals surface area contributed by atoms with Crippen LogP contribution in [0.2, 0.25) is 0 Å². The minimum atomic E-state index is 0.659. The molecule has 2 heterocycles. The highest BCUT2D eigenvalue weighted by Crippen LogP contribution is 2.24. The quantitative estimate of drug-likeness (QED) is 0.788. The molecule has 102 valence electrons. The van der Waals surface area contributed by atoms with Crippen LogP contribution >= 0.6 is 0 Å². The first-order valence-electron chi connectivity index (χ1n) is 7.08. The average molecular weight is 251 g/mol. The first-order valence-corrected chi connectivity index (χ1v) is 7.08. The van der Waals surface area contributed by atoms with Crippen molar-refractivity contribution < 1.29 is 4.52 Å². The maximum Gasteiger partial charge on any atom is 0.151 e. The Balaban J connectivity index is 1.83. The zero-order valence-corrected chi connectivity index (χ0v) is 11.8. The minimum absolute atomic E-state index is 0.659. The summed E-state index contributed by atoms with van der Waals surface area (Å²) in [6.07, 6.45) is 2.44. The first-order chi connectivity index (χ1) is 8.69. The minimum Gasteiger partial charge on any atom is -0.360 e. The summed E-state index contributed by atoms with van der Waals surface area (Å²) in [6, 6.07) is 2.74. The van der Waals surface area contributed by atoms with Gasteiger partial charge in [-0.3, -0.25) is 4.90 Å². The fourth-order valence-electron chi connectivity index (χ4n) is 2.71. The summed E-state index contributed by atoms with van der Waals surface area (Å²) in [6.45, 7) is 10.7. The summed E-state index contributed by atoms with van der Waals surface area (Å²) < 4.78 is 5.41. The Bertz CT molecular complexity index is 364. The zero-order valence-electron chi connectivity index (χ0n) is 11.8. The molecule has 1 fully saturated rings. The SMILES string of the molecule is CCCNCc1cc(CN2CC(C)CC2C)on1. The van der Waals surface area contributed by atoms with Gasteiger partial charge in [0, 0.05) is 25.2 Å². The molecule has 4 nitrogen and oxygen atoms in total. The molecule has 0 saturated carbocycles. The second-order valence-electron chi connectivity index (χ2n) is 5.58. The Morgan fingerprint density at radius 3 is 3.00 bits per heavy atom. The lowest BCUT2D eigenvalue weighted by Gasteiger charge is -2.18. The molecule has 1 aromatic rings. The van der Waals surface area contributed by atoms with Crippen molar-refractivity contribution in [3.05, 3.63) is 17.5 Å². The Hall–Kier alpha value is -0.870. The van der Waals surface area contributed by atoms with Crippen molar-refractivity contribution in [3.63, 3.8) is 0 Å². The molecule has 0 aromatic carbocycles. The molecule has 1 saturated heterocycles. The van der Waals surface area contributed by atoms with Crippen LogP contribution in [0, 0.1) is 5.92 Å². The van der Waals surface area contributed by atoms with E-state index in [9.17, 15) is 0 Å². The third-order valence-electron chi connectivity index (χ3n) is 3.61. The lowest BCUT2D eigenvalue weighted by Crippen LogP contribution is -2.26. The first kappa shape index (κ1) is 13.6. The number of nitrogens with zero attached hydrogens (tertiary/aromatic N) is 2. The van der Waals surface area contributed by atoms with Crippen LogP contribution in [0.3, 0.4) is 0 Å². The van der Waals surface area contributed by atoms with E-state index in [1.807, 2.05) is 0 Å². The van der Waals surface area contributed by atoms with Crippen molar-refractivity contribution in [3.8, 4) is 0 Å². The maximum atomic E-state index is 5.41. The van der Waals surface area contributed by atoms with Gasteiger partial charge >= 0.3 is 0 Å². The van der Waals surface area contributed by atoms with E-state index in [2.05, 4.69) is 42.2 Å². The van der Waals surface area contributed by atoms with E-state index in [0.717, 1.165) is 43.4 Å². The molecular weight excluding hydrogens is 226 g/mol. The molecule has 0 radical (unpaired) electrons. The van der Waals surface area contributed by atoms with Crippen molar-refractivity contribution in [2.24, 2.45) is 5.92 Å². The topological polar surface area (TPSA) is 41.3 Å². The van der Waals surface area contributed by atoms with Gasteiger partial charge in [0.05, 0.1) is 12.2 Å². The molecule has 1 aromatic heterocycles. The number of nitrogens with one attached hydrogen (secondary N) is 1. The van der Waals surface area contributed by atoms with Crippen molar-refractivity contribution in [1.82, 2.24) is 15.4 Å². The fraction of sp³-hybridized carbons (Fsp3) is 0.786. The Morgan fingerprint density at radius 2 is 2.33 bits per heavy atom. The van der Waals surface area contributed by atoms with E-state index in [1.165, 1.54) is 13.0 Å². The normalized spacial score (nSPS) is 24.8. The van der Waals surface area contributed by atoms with Gasteiger partial charge in [-0.15, -0.1) is 0 Å². The second-order valence-corrected chi connectivity index (χ2v) is 5.58. The number of hydrogen-bond acceptors (Lipinski definition) is 4. The maximum absolute atomic E-state index is 5.41. The zero-order chi connectivity index (χ0) is 13.0. The van der Waals surface area contributed by atoms with Crippen LogP contribution in [0.5, 0.6) is 0 Å². The van der Waals surface area contributed by atoms with E-state index in [-0.39, 0.29) is 0 Å². The van der Waals surface area contributed by atoms with E-state index in [0.29, 0.717) is 6.04 Å². The van der Waals surface area contributed by atoms with Crippen LogP contribution in [0.4, 0.5) is 0 Å². The van der Waals surface area contributed by atoms with Gasteiger partial charge in [-0.25, -0.2) is 0 Å². The smallest absolute Gasteiger partial charge is 0.151 e. The van der Waals surface area contributed by atoms with Gasteiger partial charge in [-0.1, -0.05) is 19.0 Å². The number of aromatic nitrogens is 1. The average Bonchev–Trinajstić information content (AvgIpc) is 2.88. The molecule has 18 heavy (non-hydrogen) atoms. The van der Waals surface area contributed by atoms with Crippen molar-refractivity contribution in [1.29, 1.82) is 0 Å². The highest BCUT2D eigenvalue weighted by Gasteiger charge is 2.26. The lowest BCUT2D eigenvalue weighted by molar-refractivity contribution is 0.223. The Kier molecular flexibility index (Phi) is 4.78. The largest absolute Gasteiger partial charge is 0.360 e. The molecule has 0 aliphatic carbocycles. The Labute approximate surface area is 110 Å². The fourth-order valence-corrected chi connectivity index (χ4v) is 2.71. The summed E-state index contributed by atoms with van der Waals surface area (Å²) in [4.78, 5) is 2.48. The van der Waals surface area contributed by atoms with Gasteiger partial charge < -0.3 is 9.84 Å². The van der Waals surface area contributed by atoms with Gasteiger partial charge in [-0.2, -0.15) is 0 Å². The predicted octanol–water partition coefficient (Wildman–Crippen LogP) is 2.40. The monoisotopic (exact) mass is 251 g/mol. The predicted molar refractivity (Wildman–Crippen MR) is 72.2 cm³/mol. The van der Waals surface area contributed by atoms with Crippen LogP contribution < -0.4 is 5.32 Å². The van der Waals surface area contributed by atoms with E-state index >= 15 is 0 Å². The van der Waals surface area contributed by atoms with Gasteiger partial charge in [0.2, 0.25) is 0 Å². The summed E-state index contributed by atoms with van der Waals surface area (Å²) >= 11 is 0. The van der Waals surface area contributed by atoms with Crippen molar-refractivity contribution in [2.75, 3.05) is 13.1 Å². The van der Waals surface area contributed by atoms with Crippen LogP contribution in [-0.4, -0.2) is 29.2 Å². The van der Waals surface area contributed by atoms with Gasteiger partial charge in [0.25, 0.3) is 0 Å². The molecule has 0 spiro atoms. The Morgan fingerprint density at radius 1 is 1.50 bits per heavy atom. The third kappa shape index (κ3) is 3.56. The van der Waals surface area contributed by atoms with Gasteiger partial charge in [0.15, 0.2) is 5.76 Å². The molecular formula is C14H25N3O. The summed E-state index contributed by atoms with van der Waals surface area (Å²) in [7, 11) is 0. The molecule has 0 bridgehead atoms. The number of hydrogen-bond donors (Lipinski definition) is 1. The summed E-state index contributed by atoms with van der Waals surface area (Å²) in [5.74, 6) is 1.79. The highest BCUT2D eigenvalue weighted by atomic mass is 16.5. The number of rotatable bonds is 6. The molecule has 0 amide bonds. The van der Waals surface area contributed by atoms with Gasteiger partial charge in [-0.05, 0) is 32.2 Å². The van der Waals surface area contributed by atoms with Gasteiger partial charge in [0.1, 0.15) is 0 Å². The van der Waals surface area contributed by atoms with Crippen molar-refractivity contribution in [2.45, 2.75) is 52.7 Å². The highest BCUT2D eigenvalue weighted by molar-refractivity contribution is 5.05. The molecule has 2 atom stereocenters. The summed E-state index contributed by atoms with van der Waals surface area (Å²) in [5.41, 5.74) is 1.01. The van der Waals surface area contributed by atoms with Crippen LogP contribution in [0.15, 0.2) is 10.6 Å². The van der Waals surface area contributed by atoms with E-state index in [1.54, 1.807) is 0 Å². The molecule has 1 N–H and O–H groups in total. The molecule has 4 heteroatoms. The number of likely N-dealkylation sites (tertiary alicyclic amines) is 1. The standard InChI is InChI=1S/C14H25N3O/c1-4-5-15-8-13-7-14(18-16-13)10-17-9-11(2)6-12(17)3/h7,11-12,15H,4-6,8-10H2,1-3H3.